The molecule has 0 saturated carbocycles. The summed E-state index contributed by atoms with van der Waals surface area (Å²) in [5.41, 5.74) is 7.65. The molecule has 1 atom stereocenters. The van der Waals surface area contributed by atoms with Gasteiger partial charge in [-0.05, 0) is 37.0 Å². The maximum Gasteiger partial charge on any atom is 0.237 e. The molecule has 28 heavy (non-hydrogen) atoms. The number of aryl methyl sites for hydroxylation is 1. The van der Waals surface area contributed by atoms with Crippen LogP contribution in [0.1, 0.15) is 36.6 Å². The summed E-state index contributed by atoms with van der Waals surface area (Å²) in [6, 6.07) is 8.33. The van der Waals surface area contributed by atoms with Crippen molar-refractivity contribution in [2.75, 3.05) is 32.1 Å². The summed E-state index contributed by atoms with van der Waals surface area (Å²) in [4.78, 5) is 32.4. The Labute approximate surface area is 166 Å². The zero-order valence-corrected chi connectivity index (χ0v) is 16.7. The Hall–Kier alpha value is -2.83. The van der Waals surface area contributed by atoms with E-state index in [0.29, 0.717) is 13.0 Å². The van der Waals surface area contributed by atoms with Crippen molar-refractivity contribution in [2.45, 2.75) is 38.1 Å². The molecular formula is C21H29N5O2. The number of carbonyl (C=O) groups is 2. The number of imidazole rings is 1. The molecule has 0 unspecified atom stereocenters. The van der Waals surface area contributed by atoms with Gasteiger partial charge in [-0.3, -0.25) is 9.59 Å². The van der Waals surface area contributed by atoms with Gasteiger partial charge < -0.3 is 20.1 Å². The Morgan fingerprint density at radius 3 is 2.68 bits per heavy atom. The molecule has 1 saturated heterocycles. The first-order chi connectivity index (χ1) is 13.4. The van der Waals surface area contributed by atoms with E-state index in [-0.39, 0.29) is 24.3 Å². The topological polar surface area (TPSA) is 84.5 Å². The minimum Gasteiger partial charge on any atom is -0.378 e. The smallest absolute Gasteiger partial charge is 0.237 e. The van der Waals surface area contributed by atoms with Gasteiger partial charge in [0.15, 0.2) is 0 Å². The number of piperidine rings is 1. The van der Waals surface area contributed by atoms with Gasteiger partial charge >= 0.3 is 0 Å². The fourth-order valence-corrected chi connectivity index (χ4v) is 3.77. The molecular weight excluding hydrogens is 354 g/mol. The minimum atomic E-state index is -0.386. The fourth-order valence-electron chi connectivity index (χ4n) is 3.77. The van der Waals surface area contributed by atoms with Gasteiger partial charge in [0.1, 0.15) is 12.4 Å². The molecule has 1 aliphatic heterocycles. The highest BCUT2D eigenvalue weighted by atomic mass is 16.2. The maximum absolute atomic E-state index is 12.7. The SMILES string of the molecule is CN(C)c1ccc(CCC(=O)N2CCC[C@H](c3nccn3CC(N)=O)C2)cc1. The van der Waals surface area contributed by atoms with Crippen molar-refractivity contribution in [3.05, 3.63) is 48.0 Å². The normalized spacial score (nSPS) is 16.8. The van der Waals surface area contributed by atoms with E-state index in [9.17, 15) is 9.59 Å². The number of likely N-dealkylation sites (tertiary alicyclic amines) is 1. The summed E-state index contributed by atoms with van der Waals surface area (Å²) in [5.74, 6) is 0.777. The Kier molecular flexibility index (Phi) is 6.34. The molecule has 0 bridgehead atoms. The quantitative estimate of drug-likeness (QED) is 0.790. The summed E-state index contributed by atoms with van der Waals surface area (Å²) < 4.78 is 1.80. The van der Waals surface area contributed by atoms with Gasteiger partial charge in [-0.2, -0.15) is 0 Å². The van der Waals surface area contributed by atoms with E-state index in [0.717, 1.165) is 37.3 Å². The van der Waals surface area contributed by atoms with Crippen LogP contribution < -0.4 is 10.6 Å². The number of rotatable bonds is 7. The van der Waals surface area contributed by atoms with Crippen molar-refractivity contribution in [3.8, 4) is 0 Å². The Balaban J connectivity index is 1.57. The predicted molar refractivity (Wildman–Crippen MR) is 109 cm³/mol. The van der Waals surface area contributed by atoms with Gasteiger partial charge in [0.25, 0.3) is 0 Å². The maximum atomic E-state index is 12.7. The second-order valence-corrected chi connectivity index (χ2v) is 7.62. The molecule has 2 amide bonds. The van der Waals surface area contributed by atoms with Crippen molar-refractivity contribution in [1.82, 2.24) is 14.5 Å². The second kappa shape index (κ2) is 8.91. The van der Waals surface area contributed by atoms with Crippen molar-refractivity contribution in [3.63, 3.8) is 0 Å². The number of hydrogen-bond acceptors (Lipinski definition) is 4. The number of anilines is 1. The highest BCUT2D eigenvalue weighted by Gasteiger charge is 2.27. The van der Waals surface area contributed by atoms with E-state index in [4.69, 9.17) is 5.73 Å². The molecule has 7 heteroatoms. The molecule has 0 spiro atoms. The van der Waals surface area contributed by atoms with E-state index in [1.54, 1.807) is 17.0 Å². The zero-order chi connectivity index (χ0) is 20.1. The average Bonchev–Trinajstić information content (AvgIpc) is 3.14. The van der Waals surface area contributed by atoms with E-state index < -0.39 is 0 Å². The number of aromatic nitrogens is 2. The van der Waals surface area contributed by atoms with Crippen molar-refractivity contribution in [2.24, 2.45) is 5.73 Å². The molecule has 7 nitrogen and oxygen atoms in total. The lowest BCUT2D eigenvalue weighted by Crippen LogP contribution is -2.40. The van der Waals surface area contributed by atoms with Gasteiger partial charge in [0.2, 0.25) is 11.8 Å². The van der Waals surface area contributed by atoms with Crippen LogP contribution in [0.15, 0.2) is 36.7 Å². The third-order valence-corrected chi connectivity index (χ3v) is 5.29. The number of nitrogens with zero attached hydrogens (tertiary/aromatic N) is 4. The molecule has 150 valence electrons. The second-order valence-electron chi connectivity index (χ2n) is 7.62. The van der Waals surface area contributed by atoms with Crippen LogP contribution in [0.2, 0.25) is 0 Å². The molecule has 1 aliphatic rings. The van der Waals surface area contributed by atoms with Gasteiger partial charge in [-0.1, -0.05) is 12.1 Å². The van der Waals surface area contributed by atoms with Crippen LogP contribution in [0.3, 0.4) is 0 Å². The molecule has 2 aromatic rings. The highest BCUT2D eigenvalue weighted by Crippen LogP contribution is 2.26. The van der Waals surface area contributed by atoms with Crippen LogP contribution in [0.4, 0.5) is 5.69 Å². The number of hydrogen-bond donors (Lipinski definition) is 1. The average molecular weight is 383 g/mol. The van der Waals surface area contributed by atoms with E-state index in [1.165, 1.54) is 5.56 Å². The first-order valence-electron chi connectivity index (χ1n) is 9.77. The molecule has 0 radical (unpaired) electrons. The number of carbonyl (C=O) groups excluding carboxylic acids is 2. The number of nitrogens with two attached hydrogens (primary N) is 1. The van der Waals surface area contributed by atoms with Crippen molar-refractivity contribution >= 4 is 17.5 Å². The Morgan fingerprint density at radius 2 is 2.00 bits per heavy atom. The third-order valence-electron chi connectivity index (χ3n) is 5.29. The first kappa shape index (κ1) is 19.9. The Bertz CT molecular complexity index is 812. The van der Waals surface area contributed by atoms with Crippen molar-refractivity contribution in [1.29, 1.82) is 0 Å². The van der Waals surface area contributed by atoms with Crippen molar-refractivity contribution < 1.29 is 9.59 Å². The number of amides is 2. The standard InChI is InChI=1S/C21H29N5O2/c1-24(2)18-8-5-16(6-9-18)7-10-20(28)25-12-3-4-17(14-25)21-23-11-13-26(21)15-19(22)27/h5-6,8-9,11,13,17H,3-4,7,10,12,14-15H2,1-2H3,(H2,22,27)/t17-/m0/s1. The molecule has 2 N–H and O–H groups in total. The first-order valence-corrected chi connectivity index (χ1v) is 9.77. The van der Waals surface area contributed by atoms with Gasteiger partial charge in [-0.15, -0.1) is 0 Å². The van der Waals surface area contributed by atoms with E-state index in [1.807, 2.05) is 19.0 Å². The van der Waals surface area contributed by atoms with E-state index in [2.05, 4.69) is 34.1 Å². The van der Waals surface area contributed by atoms with Crippen LogP contribution in [0, 0.1) is 0 Å². The molecule has 1 fully saturated rings. The van der Waals surface area contributed by atoms with Crippen LogP contribution >= 0.6 is 0 Å². The zero-order valence-electron chi connectivity index (χ0n) is 16.7. The van der Waals surface area contributed by atoms with Gasteiger partial charge in [-0.25, -0.2) is 4.98 Å². The van der Waals surface area contributed by atoms with E-state index >= 15 is 0 Å². The summed E-state index contributed by atoms with van der Waals surface area (Å²) in [7, 11) is 4.03. The summed E-state index contributed by atoms with van der Waals surface area (Å²) >= 11 is 0. The lowest BCUT2D eigenvalue weighted by atomic mass is 9.96. The summed E-state index contributed by atoms with van der Waals surface area (Å²) in [5, 5.41) is 0. The fraction of sp³-hybridized carbons (Fsp3) is 0.476. The van der Waals surface area contributed by atoms with Crippen LogP contribution in [0.5, 0.6) is 0 Å². The van der Waals surface area contributed by atoms with Gasteiger partial charge in [0, 0.05) is 57.6 Å². The lowest BCUT2D eigenvalue weighted by Gasteiger charge is -2.32. The minimum absolute atomic E-state index is 0.128. The lowest BCUT2D eigenvalue weighted by molar-refractivity contribution is -0.132. The summed E-state index contributed by atoms with van der Waals surface area (Å²) in [6.45, 7) is 1.56. The highest BCUT2D eigenvalue weighted by molar-refractivity contribution is 5.76. The molecule has 1 aromatic heterocycles. The number of benzene rings is 1. The van der Waals surface area contributed by atoms with Crippen LogP contribution in [-0.2, 0) is 22.6 Å². The monoisotopic (exact) mass is 383 g/mol. The molecule has 0 aliphatic carbocycles. The molecule has 2 heterocycles. The number of primary amides is 1. The Morgan fingerprint density at radius 1 is 1.25 bits per heavy atom. The summed E-state index contributed by atoms with van der Waals surface area (Å²) in [6.07, 6.45) is 6.62. The molecule has 1 aromatic carbocycles. The molecule has 3 rings (SSSR count). The van der Waals surface area contributed by atoms with Crippen LogP contribution in [0.25, 0.3) is 0 Å². The van der Waals surface area contributed by atoms with Crippen LogP contribution in [-0.4, -0.2) is 53.5 Å². The van der Waals surface area contributed by atoms with Gasteiger partial charge in [0.05, 0.1) is 0 Å². The predicted octanol–water partition coefficient (Wildman–Crippen LogP) is 1.77. The largest absolute Gasteiger partial charge is 0.378 e. The third kappa shape index (κ3) is 4.91.